The van der Waals surface area contributed by atoms with E-state index in [1.54, 1.807) is 50.2 Å². The van der Waals surface area contributed by atoms with E-state index in [-0.39, 0.29) is 56.2 Å². The van der Waals surface area contributed by atoms with Crippen LogP contribution in [0.15, 0.2) is 111 Å². The van der Waals surface area contributed by atoms with Crippen LogP contribution in [0.5, 0.6) is 11.5 Å². The molecule has 16 nitrogen and oxygen atoms in total. The van der Waals surface area contributed by atoms with E-state index in [9.17, 15) is 28.8 Å². The molecule has 21 heteroatoms. The zero-order valence-electron chi connectivity index (χ0n) is 39.2. The van der Waals surface area contributed by atoms with E-state index in [2.05, 4.69) is 41.7 Å². The van der Waals surface area contributed by atoms with Gasteiger partial charge in [0.15, 0.2) is 11.6 Å². The first kappa shape index (κ1) is 55.5. The minimum Gasteiger partial charge on any atom is -0.494 e. The lowest BCUT2D eigenvalue weighted by atomic mass is 10.1. The van der Waals surface area contributed by atoms with Crippen molar-refractivity contribution in [2.24, 2.45) is 20.5 Å². The van der Waals surface area contributed by atoms with Gasteiger partial charge in [0.2, 0.25) is 12.1 Å². The number of aryl methyl sites for hydroxylation is 1. The lowest BCUT2D eigenvalue weighted by molar-refractivity contribution is -0.127. The van der Waals surface area contributed by atoms with E-state index in [1.165, 1.54) is 61.5 Å². The fourth-order valence-electron chi connectivity index (χ4n) is 6.79. The molecular weight excluding hydrogens is 1020 g/mol. The second-order valence-corrected chi connectivity index (χ2v) is 18.2. The minimum atomic E-state index is -1.62. The molecule has 0 fully saturated rings. The van der Waals surface area contributed by atoms with Crippen molar-refractivity contribution in [2.45, 2.75) is 70.8 Å². The highest BCUT2D eigenvalue weighted by molar-refractivity contribution is 6.32. The normalized spacial score (nSPS) is 12.9. The highest BCUT2D eigenvalue weighted by Crippen LogP contribution is 2.34. The Balaban J connectivity index is 1.28. The Morgan fingerprint density at radius 1 is 0.563 bits per heavy atom. The number of rotatable bonds is 22. The smallest absolute Gasteiger partial charge is 0.258 e. The highest BCUT2D eigenvalue weighted by Gasteiger charge is 2.26. The van der Waals surface area contributed by atoms with Crippen molar-refractivity contribution in [1.29, 1.82) is 0 Å². The maximum atomic E-state index is 13.6. The average molecular weight is 1070 g/mol. The molecule has 0 saturated carbocycles. The summed E-state index contributed by atoms with van der Waals surface area (Å²) in [5.41, 5.74) is 3.49. The molecule has 4 N–H and O–H groups in total. The predicted octanol–water partition coefficient (Wildman–Crippen LogP) is 13.0. The predicted molar refractivity (Wildman–Crippen MR) is 279 cm³/mol. The number of alkyl halides is 3. The number of carbonyl (C=O) groups excluding carboxylic acids is 6. The molecule has 5 aromatic carbocycles. The van der Waals surface area contributed by atoms with Crippen LogP contribution in [0.25, 0.3) is 0 Å². The molecule has 5 aromatic rings. The number of nitrogens with zero attached hydrogens (tertiary/aromatic N) is 4. The van der Waals surface area contributed by atoms with Crippen LogP contribution >= 0.6 is 58.0 Å². The SMILES string of the molecule is CCOc1ccc(NC(=O)c2cc(Cl)cc(N=NC(C(C)=O)C(=O)Nc3ccc(NC(=O)C(N=Nc4cc(Cl)cc(C(=O)Nc5ccc(OCC)cc5C(C)Cl)c4)C(C)=O)c(CCCl)c3)c2)c(C(C)Cl)c1. The van der Waals surface area contributed by atoms with Gasteiger partial charge in [-0.3, -0.25) is 28.8 Å². The summed E-state index contributed by atoms with van der Waals surface area (Å²) in [7, 11) is 0. The summed E-state index contributed by atoms with van der Waals surface area (Å²) in [6, 6.07) is 19.9. The van der Waals surface area contributed by atoms with Gasteiger partial charge in [-0.2, -0.15) is 20.5 Å². The molecule has 4 amide bonds. The third kappa shape index (κ3) is 15.8. The first-order valence-electron chi connectivity index (χ1n) is 22.0. The van der Waals surface area contributed by atoms with Gasteiger partial charge in [-0.25, -0.2) is 0 Å². The van der Waals surface area contributed by atoms with Gasteiger partial charge in [0, 0.05) is 49.8 Å². The molecular formula is C50H49Cl5N8O8. The fraction of sp³-hybridized carbons (Fsp3) is 0.280. The molecule has 0 aliphatic carbocycles. The number of nitrogens with one attached hydrogen (secondary N) is 4. The van der Waals surface area contributed by atoms with Crippen molar-refractivity contribution in [1.82, 2.24) is 0 Å². The molecule has 372 valence electrons. The van der Waals surface area contributed by atoms with Gasteiger partial charge in [-0.1, -0.05) is 23.2 Å². The number of carbonyl (C=O) groups is 6. The summed E-state index contributed by atoms with van der Waals surface area (Å²) in [6.45, 7) is 10.4. The van der Waals surface area contributed by atoms with Crippen LogP contribution in [-0.2, 0) is 25.6 Å². The van der Waals surface area contributed by atoms with Crippen LogP contribution in [-0.4, -0.2) is 66.4 Å². The summed E-state index contributed by atoms with van der Waals surface area (Å²) >= 11 is 31.6. The number of benzene rings is 5. The van der Waals surface area contributed by atoms with Gasteiger partial charge < -0.3 is 30.7 Å². The van der Waals surface area contributed by atoms with E-state index in [1.807, 2.05) is 13.8 Å². The Bertz CT molecular complexity index is 2880. The van der Waals surface area contributed by atoms with Crippen LogP contribution in [0.1, 0.15) is 89.7 Å². The van der Waals surface area contributed by atoms with E-state index in [4.69, 9.17) is 67.5 Å². The molecule has 0 saturated heterocycles. The second kappa shape index (κ2) is 26.1. The summed E-state index contributed by atoms with van der Waals surface area (Å²) < 4.78 is 11.1. The van der Waals surface area contributed by atoms with Gasteiger partial charge in [0.25, 0.3) is 23.6 Å². The monoisotopic (exact) mass is 1060 g/mol. The Kier molecular flexibility index (Phi) is 20.4. The summed E-state index contributed by atoms with van der Waals surface area (Å²) in [5, 5.41) is 26.5. The number of ketones is 2. The minimum absolute atomic E-state index is 0.0858. The van der Waals surface area contributed by atoms with Gasteiger partial charge in [-0.05, 0) is 156 Å². The van der Waals surface area contributed by atoms with Crippen LogP contribution in [0.4, 0.5) is 34.1 Å². The lowest BCUT2D eigenvalue weighted by Crippen LogP contribution is -2.32. The van der Waals surface area contributed by atoms with Crippen LogP contribution in [0.3, 0.4) is 0 Å². The number of hydrogen-bond donors (Lipinski definition) is 4. The quantitative estimate of drug-likeness (QED) is 0.0296. The highest BCUT2D eigenvalue weighted by atomic mass is 35.5. The third-order valence-electron chi connectivity index (χ3n) is 10.1. The zero-order valence-corrected chi connectivity index (χ0v) is 43.0. The Hall–Kier alpha value is -6.43. The van der Waals surface area contributed by atoms with Crippen molar-refractivity contribution in [3.63, 3.8) is 0 Å². The first-order chi connectivity index (χ1) is 33.8. The van der Waals surface area contributed by atoms with Crippen molar-refractivity contribution < 1.29 is 38.2 Å². The molecule has 0 aromatic heterocycles. The first-order valence-corrected chi connectivity index (χ1v) is 24.2. The number of Topliss-reactive ketones (excluding diaryl/α,β-unsaturated/α-hetero) is 2. The summed E-state index contributed by atoms with van der Waals surface area (Å²) in [6.07, 6.45) is 0.202. The third-order valence-corrected chi connectivity index (χ3v) is 11.2. The summed E-state index contributed by atoms with van der Waals surface area (Å²) in [5.74, 6) is -2.74. The molecule has 0 bridgehead atoms. The zero-order chi connectivity index (χ0) is 51.9. The molecule has 0 aliphatic rings. The number of amides is 4. The van der Waals surface area contributed by atoms with E-state index in [0.29, 0.717) is 52.8 Å². The summed E-state index contributed by atoms with van der Waals surface area (Å²) in [4.78, 5) is 79.3. The number of anilines is 4. The van der Waals surface area contributed by atoms with Crippen molar-refractivity contribution >= 4 is 127 Å². The molecule has 0 heterocycles. The molecule has 5 rings (SSSR count). The van der Waals surface area contributed by atoms with Crippen LogP contribution in [0.2, 0.25) is 10.0 Å². The van der Waals surface area contributed by atoms with Crippen molar-refractivity contribution in [2.75, 3.05) is 40.4 Å². The van der Waals surface area contributed by atoms with E-state index in [0.717, 1.165) is 6.92 Å². The van der Waals surface area contributed by atoms with Crippen LogP contribution < -0.4 is 30.7 Å². The Morgan fingerprint density at radius 3 is 1.41 bits per heavy atom. The Morgan fingerprint density at radius 2 is 1.00 bits per heavy atom. The average Bonchev–Trinajstić information content (AvgIpc) is 3.30. The molecule has 4 atom stereocenters. The van der Waals surface area contributed by atoms with E-state index >= 15 is 0 Å². The molecule has 0 radical (unpaired) electrons. The van der Waals surface area contributed by atoms with E-state index < -0.39 is 58.0 Å². The second-order valence-electron chi connectivity index (χ2n) is 15.6. The Labute approximate surface area is 435 Å². The number of halogens is 5. The topological polar surface area (TPSA) is 218 Å². The van der Waals surface area contributed by atoms with Gasteiger partial charge in [0.05, 0.1) is 35.3 Å². The molecule has 0 spiro atoms. The van der Waals surface area contributed by atoms with Gasteiger partial charge in [0.1, 0.15) is 11.5 Å². The molecule has 0 aliphatic heterocycles. The van der Waals surface area contributed by atoms with Gasteiger partial charge in [-0.15, -0.1) is 34.8 Å². The van der Waals surface area contributed by atoms with Crippen molar-refractivity contribution in [3.05, 3.63) is 129 Å². The lowest BCUT2D eigenvalue weighted by Gasteiger charge is -2.16. The maximum Gasteiger partial charge on any atom is 0.258 e. The number of hydrogen-bond acceptors (Lipinski definition) is 12. The fourth-order valence-corrected chi connectivity index (χ4v) is 7.82. The van der Waals surface area contributed by atoms with Crippen molar-refractivity contribution in [3.8, 4) is 11.5 Å². The number of ether oxygens (including phenoxy) is 2. The molecule has 4 unspecified atom stereocenters. The van der Waals surface area contributed by atoms with Crippen LogP contribution in [0, 0.1) is 0 Å². The maximum absolute atomic E-state index is 13.6. The largest absolute Gasteiger partial charge is 0.494 e. The standard InChI is InChI=1S/C50H49Cl5N8O8/c1-7-70-38-10-13-43(40(24-38)26(3)52)58-47(66)31-17-33(54)22-36(20-31)60-62-45(28(5)64)49(68)56-35-9-12-42(30(19-35)15-16-51)57-50(69)46(29(6)65)63-61-37-21-32(18-34(55)23-37)48(67)59-44-14-11-39(71-8-2)25-41(44)27(4)53/h9-14,17-27,45-46H,7-8,15-16H2,1-6H3,(H,56,68)(H,57,69)(H,58,66)(H,59,67). The number of azo groups is 2. The van der Waals surface area contributed by atoms with Gasteiger partial charge >= 0.3 is 0 Å². The molecule has 71 heavy (non-hydrogen) atoms.